The highest BCUT2D eigenvalue weighted by atomic mass is 19.4. The van der Waals surface area contributed by atoms with Gasteiger partial charge in [0.05, 0.1) is 5.92 Å². The van der Waals surface area contributed by atoms with E-state index in [2.05, 4.69) is 0 Å². The first-order chi connectivity index (χ1) is 14.4. The quantitative estimate of drug-likeness (QED) is 0.274. The second-order valence-electron chi connectivity index (χ2n) is 7.38. The topological polar surface area (TPSA) is 0 Å². The molecule has 0 aliphatic heterocycles. The van der Waals surface area contributed by atoms with Gasteiger partial charge in [-0.1, -0.05) is 92.2 Å². The molecule has 0 amide bonds. The number of benzene rings is 3. The molecule has 0 aliphatic carbocycles. The molecule has 0 nitrogen and oxygen atoms in total. The first kappa shape index (κ1) is 21.8. The lowest BCUT2D eigenvalue weighted by molar-refractivity contribution is -0.150. The zero-order valence-electron chi connectivity index (χ0n) is 16.8. The summed E-state index contributed by atoms with van der Waals surface area (Å²) in [4.78, 5) is 0. The third-order valence-electron chi connectivity index (χ3n) is 5.08. The Labute approximate surface area is 174 Å². The Kier molecular flexibility index (Phi) is 7.09. The number of rotatable bonds is 7. The van der Waals surface area contributed by atoms with E-state index in [0.29, 0.717) is 17.5 Å². The maximum Gasteiger partial charge on any atom is 0.396 e. The van der Waals surface area contributed by atoms with Crippen LogP contribution in [0.25, 0.3) is 12.2 Å². The SMILES string of the molecule is CCCc1ccc(C=Cc2ccc(C[C@H](c3ccccc3)C(F)(F)F)cc2)cc1F. The number of hydrogen-bond acceptors (Lipinski definition) is 0. The summed E-state index contributed by atoms with van der Waals surface area (Å²) >= 11 is 0. The third kappa shape index (κ3) is 5.82. The number of aryl methyl sites for hydroxylation is 1. The molecule has 1 atom stereocenters. The monoisotopic (exact) mass is 412 g/mol. The van der Waals surface area contributed by atoms with Crippen LogP contribution in [0.3, 0.4) is 0 Å². The molecule has 156 valence electrons. The molecule has 4 heteroatoms. The maximum atomic E-state index is 14.0. The van der Waals surface area contributed by atoms with Gasteiger partial charge in [0.15, 0.2) is 0 Å². The van der Waals surface area contributed by atoms with E-state index in [9.17, 15) is 17.6 Å². The Morgan fingerprint density at radius 2 is 1.47 bits per heavy atom. The minimum atomic E-state index is -4.31. The molecule has 0 saturated heterocycles. The summed E-state index contributed by atoms with van der Waals surface area (Å²) in [6.45, 7) is 2.01. The number of halogens is 4. The third-order valence-corrected chi connectivity index (χ3v) is 5.08. The molecule has 0 unspecified atom stereocenters. The molecule has 0 spiro atoms. The van der Waals surface area contributed by atoms with Gasteiger partial charge in [-0.3, -0.25) is 0 Å². The van der Waals surface area contributed by atoms with Crippen molar-refractivity contribution >= 4 is 12.2 Å². The first-order valence-corrected chi connectivity index (χ1v) is 10.0. The summed E-state index contributed by atoms with van der Waals surface area (Å²) in [5.41, 5.74) is 3.19. The zero-order valence-corrected chi connectivity index (χ0v) is 16.8. The fourth-order valence-corrected chi connectivity index (χ4v) is 3.44. The van der Waals surface area contributed by atoms with Crippen molar-refractivity contribution in [2.24, 2.45) is 0 Å². The lowest BCUT2D eigenvalue weighted by Crippen LogP contribution is -2.22. The van der Waals surface area contributed by atoms with Crippen molar-refractivity contribution in [1.29, 1.82) is 0 Å². The molecule has 0 fully saturated rings. The van der Waals surface area contributed by atoms with E-state index in [1.165, 1.54) is 18.2 Å². The summed E-state index contributed by atoms with van der Waals surface area (Å²) in [6.07, 6.45) is 0.805. The van der Waals surface area contributed by atoms with Gasteiger partial charge in [0, 0.05) is 0 Å². The van der Waals surface area contributed by atoms with Gasteiger partial charge in [-0.25, -0.2) is 4.39 Å². The lowest BCUT2D eigenvalue weighted by Gasteiger charge is -2.21. The van der Waals surface area contributed by atoms with Crippen LogP contribution in [0.4, 0.5) is 17.6 Å². The first-order valence-electron chi connectivity index (χ1n) is 10.0. The molecular weight excluding hydrogens is 388 g/mol. The van der Waals surface area contributed by atoms with Crippen molar-refractivity contribution in [3.8, 4) is 0 Å². The predicted octanol–water partition coefficient (Wildman–Crippen LogP) is 7.84. The van der Waals surface area contributed by atoms with E-state index in [0.717, 1.165) is 17.5 Å². The highest BCUT2D eigenvalue weighted by Crippen LogP contribution is 2.37. The molecule has 0 bridgehead atoms. The fourth-order valence-electron chi connectivity index (χ4n) is 3.44. The Bertz CT molecular complexity index is 970. The van der Waals surface area contributed by atoms with E-state index in [1.807, 2.05) is 19.1 Å². The molecule has 3 aromatic carbocycles. The molecule has 0 radical (unpaired) electrons. The molecule has 0 aromatic heterocycles. The van der Waals surface area contributed by atoms with Crippen LogP contribution < -0.4 is 0 Å². The van der Waals surface area contributed by atoms with E-state index in [1.54, 1.807) is 54.6 Å². The molecule has 30 heavy (non-hydrogen) atoms. The molecule has 0 heterocycles. The number of hydrogen-bond donors (Lipinski definition) is 0. The van der Waals surface area contributed by atoms with Gasteiger partial charge in [-0.15, -0.1) is 0 Å². The van der Waals surface area contributed by atoms with Crippen molar-refractivity contribution in [3.05, 3.63) is 106 Å². The fraction of sp³-hybridized carbons (Fsp3) is 0.231. The van der Waals surface area contributed by atoms with E-state index < -0.39 is 12.1 Å². The standard InChI is InChI=1S/C26H24F4/c1-2-6-23-16-15-21(18-25(23)27)14-11-19-9-12-20(13-10-19)17-24(26(28,29)30)22-7-4-3-5-8-22/h3-5,7-16,18,24H,2,6,17H2,1H3/t24-/m1/s1. The Balaban J connectivity index is 1.71. The highest BCUT2D eigenvalue weighted by Gasteiger charge is 2.40. The van der Waals surface area contributed by atoms with Gasteiger partial charge in [0.2, 0.25) is 0 Å². The van der Waals surface area contributed by atoms with Gasteiger partial charge in [-0.2, -0.15) is 13.2 Å². The van der Waals surface area contributed by atoms with Crippen LogP contribution in [-0.4, -0.2) is 6.18 Å². The van der Waals surface area contributed by atoms with E-state index in [4.69, 9.17) is 0 Å². The van der Waals surface area contributed by atoms with Crippen molar-refractivity contribution in [2.45, 2.75) is 38.3 Å². The smallest absolute Gasteiger partial charge is 0.207 e. The van der Waals surface area contributed by atoms with Crippen LogP contribution in [0.1, 0.15) is 47.1 Å². The molecular formula is C26H24F4. The zero-order chi connectivity index (χ0) is 21.6. The van der Waals surface area contributed by atoms with E-state index >= 15 is 0 Å². The van der Waals surface area contributed by atoms with Gasteiger partial charge in [0.1, 0.15) is 5.82 Å². The Hall–Kier alpha value is -2.88. The van der Waals surface area contributed by atoms with Crippen molar-refractivity contribution in [1.82, 2.24) is 0 Å². The Morgan fingerprint density at radius 3 is 2.07 bits per heavy atom. The van der Waals surface area contributed by atoms with Crippen LogP contribution in [0.2, 0.25) is 0 Å². The second-order valence-corrected chi connectivity index (χ2v) is 7.38. The van der Waals surface area contributed by atoms with Crippen LogP contribution in [0, 0.1) is 5.82 Å². The van der Waals surface area contributed by atoms with Crippen LogP contribution in [0.5, 0.6) is 0 Å². The minimum absolute atomic E-state index is 0.110. The summed E-state index contributed by atoms with van der Waals surface area (Å²) in [7, 11) is 0. The van der Waals surface area contributed by atoms with Crippen LogP contribution in [-0.2, 0) is 12.8 Å². The molecule has 0 saturated carbocycles. The molecule has 0 N–H and O–H groups in total. The molecule has 3 rings (SSSR count). The van der Waals surface area contributed by atoms with Gasteiger partial charge < -0.3 is 0 Å². The second kappa shape index (κ2) is 9.75. The van der Waals surface area contributed by atoms with Crippen molar-refractivity contribution in [3.63, 3.8) is 0 Å². The van der Waals surface area contributed by atoms with Crippen LogP contribution >= 0.6 is 0 Å². The summed E-state index contributed by atoms with van der Waals surface area (Å²) in [6, 6.07) is 20.1. The summed E-state index contributed by atoms with van der Waals surface area (Å²) in [5, 5.41) is 0. The van der Waals surface area contributed by atoms with Gasteiger partial charge in [-0.05, 0) is 46.7 Å². The average molecular weight is 412 g/mol. The maximum absolute atomic E-state index is 14.0. The Morgan fingerprint density at radius 1 is 0.833 bits per heavy atom. The van der Waals surface area contributed by atoms with E-state index in [-0.39, 0.29) is 17.8 Å². The predicted molar refractivity (Wildman–Crippen MR) is 115 cm³/mol. The minimum Gasteiger partial charge on any atom is -0.207 e. The summed E-state index contributed by atoms with van der Waals surface area (Å²) in [5.74, 6) is -1.75. The van der Waals surface area contributed by atoms with Crippen LogP contribution in [0.15, 0.2) is 72.8 Å². The van der Waals surface area contributed by atoms with Gasteiger partial charge in [0.25, 0.3) is 0 Å². The molecule has 3 aromatic rings. The normalized spacial score (nSPS) is 13.0. The molecule has 0 aliphatic rings. The largest absolute Gasteiger partial charge is 0.396 e. The van der Waals surface area contributed by atoms with Crippen molar-refractivity contribution in [2.75, 3.05) is 0 Å². The average Bonchev–Trinajstić information content (AvgIpc) is 2.73. The highest BCUT2D eigenvalue weighted by molar-refractivity contribution is 5.69. The number of alkyl halides is 3. The summed E-state index contributed by atoms with van der Waals surface area (Å²) < 4.78 is 54.7. The van der Waals surface area contributed by atoms with Gasteiger partial charge >= 0.3 is 6.18 Å². The lowest BCUT2D eigenvalue weighted by atomic mass is 9.91. The van der Waals surface area contributed by atoms with Crippen molar-refractivity contribution < 1.29 is 17.6 Å².